The number of benzene rings is 1. The lowest BCUT2D eigenvalue weighted by Gasteiger charge is -2.07. The first-order valence-corrected chi connectivity index (χ1v) is 7.99. The first kappa shape index (κ1) is 15.7. The van der Waals surface area contributed by atoms with Gasteiger partial charge in [0.25, 0.3) is 0 Å². The molecule has 0 aliphatic carbocycles. The van der Waals surface area contributed by atoms with Gasteiger partial charge in [-0.15, -0.1) is 11.3 Å². The van der Waals surface area contributed by atoms with E-state index in [-0.39, 0.29) is 17.9 Å². The van der Waals surface area contributed by atoms with Crippen LogP contribution >= 0.6 is 27.3 Å². The highest BCUT2D eigenvalue weighted by molar-refractivity contribution is 9.11. The summed E-state index contributed by atoms with van der Waals surface area (Å²) in [5.41, 5.74) is 0.705. The van der Waals surface area contributed by atoms with Gasteiger partial charge in [0.2, 0.25) is 5.91 Å². The molecule has 2 N–H and O–H groups in total. The number of carboxylic acid groups (broad SMARTS) is 1. The van der Waals surface area contributed by atoms with Crippen molar-refractivity contribution in [2.45, 2.75) is 12.8 Å². The highest BCUT2D eigenvalue weighted by Crippen LogP contribution is 2.22. The van der Waals surface area contributed by atoms with E-state index in [0.717, 1.165) is 10.2 Å². The number of halogens is 1. The van der Waals surface area contributed by atoms with Crippen LogP contribution in [0.2, 0.25) is 0 Å². The van der Waals surface area contributed by atoms with E-state index in [9.17, 15) is 9.59 Å². The molecule has 0 atom stereocenters. The first-order chi connectivity index (χ1) is 10.1. The molecular formula is C15H14BrNO3S. The zero-order valence-electron chi connectivity index (χ0n) is 11.1. The number of amides is 1. The highest BCUT2D eigenvalue weighted by Gasteiger charge is 2.12. The van der Waals surface area contributed by atoms with Crippen LogP contribution in [0.25, 0.3) is 0 Å². The third-order valence-electron chi connectivity index (χ3n) is 2.92. The van der Waals surface area contributed by atoms with Gasteiger partial charge in [-0.1, -0.05) is 18.2 Å². The molecular weight excluding hydrogens is 354 g/mol. The van der Waals surface area contributed by atoms with Crippen LogP contribution in [-0.2, 0) is 17.6 Å². The number of aromatic carboxylic acids is 1. The molecule has 0 fully saturated rings. The molecule has 0 saturated carbocycles. The summed E-state index contributed by atoms with van der Waals surface area (Å²) in [6.07, 6.45) is 0.846. The van der Waals surface area contributed by atoms with Crippen molar-refractivity contribution in [2.24, 2.45) is 0 Å². The molecule has 0 unspecified atom stereocenters. The fourth-order valence-corrected chi connectivity index (χ4v) is 3.41. The van der Waals surface area contributed by atoms with Gasteiger partial charge in [-0.25, -0.2) is 4.79 Å². The molecule has 1 aromatic heterocycles. The van der Waals surface area contributed by atoms with E-state index in [2.05, 4.69) is 21.2 Å². The van der Waals surface area contributed by atoms with Crippen molar-refractivity contribution in [3.05, 3.63) is 56.2 Å². The van der Waals surface area contributed by atoms with Gasteiger partial charge in [0.1, 0.15) is 0 Å². The largest absolute Gasteiger partial charge is 0.478 e. The zero-order valence-corrected chi connectivity index (χ0v) is 13.5. The predicted molar refractivity (Wildman–Crippen MR) is 85.8 cm³/mol. The number of carbonyl (C=O) groups excluding carboxylic acids is 1. The van der Waals surface area contributed by atoms with Crippen molar-refractivity contribution in [3.63, 3.8) is 0 Å². The van der Waals surface area contributed by atoms with E-state index in [0.29, 0.717) is 12.1 Å². The van der Waals surface area contributed by atoms with Crippen LogP contribution in [0.4, 0.5) is 0 Å². The average molecular weight is 368 g/mol. The minimum absolute atomic E-state index is 0.0800. The number of thiophene rings is 1. The second-order valence-electron chi connectivity index (χ2n) is 4.44. The Balaban J connectivity index is 1.86. The van der Waals surface area contributed by atoms with E-state index in [1.165, 1.54) is 10.9 Å². The Morgan fingerprint density at radius 3 is 2.62 bits per heavy atom. The fraction of sp³-hybridized carbons (Fsp3) is 0.200. The third kappa shape index (κ3) is 4.68. The van der Waals surface area contributed by atoms with Crippen molar-refractivity contribution in [1.82, 2.24) is 5.32 Å². The van der Waals surface area contributed by atoms with E-state index in [1.807, 2.05) is 12.1 Å². The Labute approximate surface area is 134 Å². The van der Waals surface area contributed by atoms with Gasteiger partial charge in [0, 0.05) is 11.4 Å². The third-order valence-corrected chi connectivity index (χ3v) is 4.60. The fourth-order valence-electron chi connectivity index (χ4n) is 1.93. The molecule has 6 heteroatoms. The zero-order chi connectivity index (χ0) is 15.2. The summed E-state index contributed by atoms with van der Waals surface area (Å²) in [6.45, 7) is 0.543. The number of hydrogen-bond donors (Lipinski definition) is 2. The Bertz CT molecular complexity index is 654. The molecule has 1 amide bonds. The second kappa shape index (κ2) is 7.38. The molecule has 0 radical (unpaired) electrons. The second-order valence-corrected chi connectivity index (χ2v) is 6.99. The first-order valence-electron chi connectivity index (χ1n) is 6.38. The molecule has 0 aliphatic rings. The SMILES string of the molecule is O=C(Cc1ccccc1C(=O)O)NCCc1ccc(Br)s1. The van der Waals surface area contributed by atoms with E-state index >= 15 is 0 Å². The number of rotatable bonds is 6. The van der Waals surface area contributed by atoms with Gasteiger partial charge in [-0.3, -0.25) is 4.79 Å². The Hall–Kier alpha value is -1.66. The van der Waals surface area contributed by atoms with Gasteiger partial charge in [-0.2, -0.15) is 0 Å². The maximum absolute atomic E-state index is 11.9. The minimum atomic E-state index is -1.01. The maximum atomic E-state index is 11.9. The van der Waals surface area contributed by atoms with Gasteiger partial charge in [0.15, 0.2) is 0 Å². The molecule has 1 aromatic carbocycles. The summed E-state index contributed by atoms with van der Waals surface area (Å²) in [5, 5.41) is 11.9. The van der Waals surface area contributed by atoms with E-state index in [1.54, 1.807) is 29.5 Å². The summed E-state index contributed by atoms with van der Waals surface area (Å²) < 4.78 is 1.07. The molecule has 0 saturated heterocycles. The summed E-state index contributed by atoms with van der Waals surface area (Å²) in [4.78, 5) is 24.1. The van der Waals surface area contributed by atoms with Gasteiger partial charge < -0.3 is 10.4 Å². The molecule has 2 rings (SSSR count). The smallest absolute Gasteiger partial charge is 0.335 e. The summed E-state index contributed by atoms with van der Waals surface area (Å²) in [5.74, 6) is -1.18. The van der Waals surface area contributed by atoms with Gasteiger partial charge in [-0.05, 0) is 46.1 Å². The predicted octanol–water partition coefficient (Wildman–Crippen LogP) is 3.11. The van der Waals surface area contributed by atoms with Crippen LogP contribution in [-0.4, -0.2) is 23.5 Å². The summed E-state index contributed by atoms with van der Waals surface area (Å²) in [7, 11) is 0. The highest BCUT2D eigenvalue weighted by atomic mass is 79.9. The molecule has 0 aliphatic heterocycles. The standard InChI is InChI=1S/C15H14BrNO3S/c16-13-6-5-11(21-13)7-8-17-14(18)9-10-3-1-2-4-12(10)15(19)20/h1-6H,7-9H2,(H,17,18)(H,19,20). The Morgan fingerprint density at radius 1 is 1.19 bits per heavy atom. The van der Waals surface area contributed by atoms with Gasteiger partial charge >= 0.3 is 5.97 Å². The monoisotopic (exact) mass is 367 g/mol. The van der Waals surface area contributed by atoms with Crippen LogP contribution in [0, 0.1) is 0 Å². The lowest BCUT2D eigenvalue weighted by Crippen LogP contribution is -2.27. The van der Waals surface area contributed by atoms with Crippen molar-refractivity contribution < 1.29 is 14.7 Å². The molecule has 0 spiro atoms. The van der Waals surface area contributed by atoms with Crippen LogP contribution in [0.3, 0.4) is 0 Å². The van der Waals surface area contributed by atoms with Crippen molar-refractivity contribution in [2.75, 3.05) is 6.54 Å². The van der Waals surface area contributed by atoms with E-state index < -0.39 is 5.97 Å². The molecule has 2 aromatic rings. The van der Waals surface area contributed by atoms with Crippen LogP contribution < -0.4 is 5.32 Å². The lowest BCUT2D eigenvalue weighted by atomic mass is 10.0. The molecule has 21 heavy (non-hydrogen) atoms. The summed E-state index contributed by atoms with van der Waals surface area (Å²) >= 11 is 5.03. The number of nitrogens with one attached hydrogen (secondary N) is 1. The molecule has 110 valence electrons. The Kier molecular flexibility index (Phi) is 5.52. The van der Waals surface area contributed by atoms with Crippen LogP contribution in [0.5, 0.6) is 0 Å². The number of carbonyl (C=O) groups is 2. The maximum Gasteiger partial charge on any atom is 0.335 e. The van der Waals surface area contributed by atoms with Crippen LogP contribution in [0.1, 0.15) is 20.8 Å². The van der Waals surface area contributed by atoms with Crippen molar-refractivity contribution >= 4 is 39.1 Å². The van der Waals surface area contributed by atoms with Crippen molar-refractivity contribution in [1.29, 1.82) is 0 Å². The topological polar surface area (TPSA) is 66.4 Å². The molecule has 4 nitrogen and oxygen atoms in total. The quantitative estimate of drug-likeness (QED) is 0.824. The number of carboxylic acids is 1. The number of hydrogen-bond acceptors (Lipinski definition) is 3. The van der Waals surface area contributed by atoms with Gasteiger partial charge in [0.05, 0.1) is 15.8 Å². The summed E-state index contributed by atoms with van der Waals surface area (Å²) in [6, 6.07) is 10.6. The normalized spacial score (nSPS) is 10.3. The van der Waals surface area contributed by atoms with Crippen LogP contribution in [0.15, 0.2) is 40.2 Å². The minimum Gasteiger partial charge on any atom is -0.478 e. The molecule has 0 bridgehead atoms. The molecule has 1 heterocycles. The Morgan fingerprint density at radius 2 is 1.95 bits per heavy atom. The van der Waals surface area contributed by atoms with E-state index in [4.69, 9.17) is 5.11 Å². The van der Waals surface area contributed by atoms with Crippen molar-refractivity contribution in [3.8, 4) is 0 Å². The lowest BCUT2D eigenvalue weighted by molar-refractivity contribution is -0.120. The average Bonchev–Trinajstić information content (AvgIpc) is 2.85.